The monoisotopic (exact) mass is 310 g/mol. The van der Waals surface area contributed by atoms with Gasteiger partial charge in [-0.3, -0.25) is 0 Å². The van der Waals surface area contributed by atoms with Crippen molar-refractivity contribution in [2.45, 2.75) is 25.3 Å². The molecule has 0 spiro atoms. The molecule has 3 heteroatoms. The van der Waals surface area contributed by atoms with Crippen LogP contribution in [0.3, 0.4) is 0 Å². The van der Waals surface area contributed by atoms with Gasteiger partial charge in [0.25, 0.3) is 0 Å². The highest BCUT2D eigenvalue weighted by atomic mass is 16.5. The van der Waals surface area contributed by atoms with Gasteiger partial charge in [0.05, 0.1) is 0 Å². The molecule has 2 aromatic rings. The van der Waals surface area contributed by atoms with Crippen molar-refractivity contribution in [2.75, 3.05) is 26.7 Å². The van der Waals surface area contributed by atoms with Crippen molar-refractivity contribution in [1.29, 1.82) is 0 Å². The van der Waals surface area contributed by atoms with Gasteiger partial charge in [-0.15, -0.1) is 0 Å². The second-order valence-electron chi connectivity index (χ2n) is 6.21. The van der Waals surface area contributed by atoms with Gasteiger partial charge in [0, 0.05) is 12.6 Å². The van der Waals surface area contributed by atoms with E-state index >= 15 is 0 Å². The van der Waals surface area contributed by atoms with Gasteiger partial charge >= 0.3 is 0 Å². The molecule has 1 aliphatic rings. The molecule has 0 amide bonds. The third-order valence-corrected chi connectivity index (χ3v) is 4.61. The Kier molecular flexibility index (Phi) is 5.67. The maximum atomic E-state index is 5.83. The Balaban J connectivity index is 1.46. The van der Waals surface area contributed by atoms with E-state index in [9.17, 15) is 0 Å². The summed E-state index contributed by atoms with van der Waals surface area (Å²) in [4.78, 5) is 2.57. The van der Waals surface area contributed by atoms with E-state index in [1.54, 1.807) is 0 Å². The summed E-state index contributed by atoms with van der Waals surface area (Å²) in [6.07, 6.45) is 3.64. The number of likely N-dealkylation sites (tertiary alicyclic amines) is 1. The third kappa shape index (κ3) is 4.81. The molecular formula is C20H26N2O. The SMILES string of the molecule is CNC1CCN(CCc2ccc(Oc3ccccc3)cc2)CC1. The van der Waals surface area contributed by atoms with Gasteiger partial charge in [-0.05, 0) is 69.2 Å². The second-order valence-corrected chi connectivity index (χ2v) is 6.21. The van der Waals surface area contributed by atoms with E-state index in [1.165, 1.54) is 31.5 Å². The lowest BCUT2D eigenvalue weighted by atomic mass is 10.0. The Labute approximate surface area is 139 Å². The molecule has 3 nitrogen and oxygen atoms in total. The molecule has 1 aliphatic heterocycles. The maximum Gasteiger partial charge on any atom is 0.127 e. The minimum absolute atomic E-state index is 0.709. The van der Waals surface area contributed by atoms with E-state index in [0.29, 0.717) is 6.04 Å². The van der Waals surface area contributed by atoms with E-state index in [0.717, 1.165) is 24.5 Å². The highest BCUT2D eigenvalue weighted by molar-refractivity contribution is 5.33. The molecule has 0 atom stereocenters. The summed E-state index contributed by atoms with van der Waals surface area (Å²) in [7, 11) is 2.07. The number of hydrogen-bond acceptors (Lipinski definition) is 3. The van der Waals surface area contributed by atoms with Gasteiger partial charge in [0.1, 0.15) is 11.5 Å². The van der Waals surface area contributed by atoms with Crippen LogP contribution in [0.4, 0.5) is 0 Å². The lowest BCUT2D eigenvalue weighted by Gasteiger charge is -2.31. The highest BCUT2D eigenvalue weighted by Gasteiger charge is 2.16. The predicted molar refractivity (Wildman–Crippen MR) is 95.2 cm³/mol. The summed E-state index contributed by atoms with van der Waals surface area (Å²) >= 11 is 0. The number of rotatable bonds is 6. The number of nitrogens with zero attached hydrogens (tertiary/aromatic N) is 1. The molecule has 0 unspecified atom stereocenters. The van der Waals surface area contributed by atoms with Crippen molar-refractivity contribution in [1.82, 2.24) is 10.2 Å². The average molecular weight is 310 g/mol. The van der Waals surface area contributed by atoms with Crippen LogP contribution in [0.1, 0.15) is 18.4 Å². The van der Waals surface area contributed by atoms with E-state index in [-0.39, 0.29) is 0 Å². The van der Waals surface area contributed by atoms with Crippen LogP contribution in [0.15, 0.2) is 54.6 Å². The standard InChI is InChI=1S/C20H26N2O/c1-21-18-12-15-22(16-13-18)14-11-17-7-9-20(10-8-17)23-19-5-3-2-4-6-19/h2-10,18,21H,11-16H2,1H3. The topological polar surface area (TPSA) is 24.5 Å². The quantitative estimate of drug-likeness (QED) is 0.880. The minimum atomic E-state index is 0.709. The van der Waals surface area contributed by atoms with Crippen molar-refractivity contribution < 1.29 is 4.74 Å². The van der Waals surface area contributed by atoms with Gasteiger partial charge in [-0.2, -0.15) is 0 Å². The predicted octanol–water partition coefficient (Wildman–Crippen LogP) is 3.71. The largest absolute Gasteiger partial charge is 0.457 e. The van der Waals surface area contributed by atoms with Crippen LogP contribution in [-0.2, 0) is 6.42 Å². The smallest absolute Gasteiger partial charge is 0.127 e. The molecule has 1 fully saturated rings. The fourth-order valence-electron chi connectivity index (χ4n) is 3.08. The van der Waals surface area contributed by atoms with Crippen molar-refractivity contribution in [3.63, 3.8) is 0 Å². The zero-order valence-electron chi connectivity index (χ0n) is 13.9. The number of hydrogen-bond donors (Lipinski definition) is 1. The summed E-state index contributed by atoms with van der Waals surface area (Å²) in [5, 5.41) is 3.38. The van der Waals surface area contributed by atoms with Crippen molar-refractivity contribution in [3.8, 4) is 11.5 Å². The van der Waals surface area contributed by atoms with Gasteiger partial charge in [-0.1, -0.05) is 30.3 Å². The van der Waals surface area contributed by atoms with Crippen LogP contribution in [0.5, 0.6) is 11.5 Å². The molecule has 1 saturated heterocycles. The number of para-hydroxylation sites is 1. The molecule has 0 aliphatic carbocycles. The zero-order valence-corrected chi connectivity index (χ0v) is 13.9. The molecule has 0 radical (unpaired) electrons. The summed E-state index contributed by atoms with van der Waals surface area (Å²) in [5.74, 6) is 1.78. The first kappa shape index (κ1) is 16.0. The Morgan fingerprint density at radius 3 is 2.26 bits per heavy atom. The van der Waals surface area contributed by atoms with E-state index in [1.807, 2.05) is 30.3 Å². The summed E-state index contributed by atoms with van der Waals surface area (Å²) in [6, 6.07) is 19.1. The van der Waals surface area contributed by atoms with E-state index < -0.39 is 0 Å². The summed E-state index contributed by atoms with van der Waals surface area (Å²) in [5.41, 5.74) is 1.38. The Bertz CT molecular complexity index is 574. The first-order valence-corrected chi connectivity index (χ1v) is 8.55. The van der Waals surface area contributed by atoms with Gasteiger partial charge < -0.3 is 15.0 Å². The number of piperidine rings is 1. The van der Waals surface area contributed by atoms with Gasteiger partial charge in [0.15, 0.2) is 0 Å². The van der Waals surface area contributed by atoms with Crippen LogP contribution < -0.4 is 10.1 Å². The van der Waals surface area contributed by atoms with Crippen molar-refractivity contribution in [2.24, 2.45) is 0 Å². The van der Waals surface area contributed by atoms with Crippen LogP contribution in [0, 0.1) is 0 Å². The highest BCUT2D eigenvalue weighted by Crippen LogP contribution is 2.21. The second kappa shape index (κ2) is 8.14. The molecule has 0 saturated carbocycles. The molecule has 1 heterocycles. The van der Waals surface area contributed by atoms with Crippen molar-refractivity contribution >= 4 is 0 Å². The van der Waals surface area contributed by atoms with Crippen LogP contribution in [0.25, 0.3) is 0 Å². The van der Waals surface area contributed by atoms with Gasteiger partial charge in [-0.25, -0.2) is 0 Å². The Morgan fingerprint density at radius 2 is 1.61 bits per heavy atom. The van der Waals surface area contributed by atoms with E-state index in [2.05, 4.69) is 41.5 Å². The lowest BCUT2D eigenvalue weighted by molar-refractivity contribution is 0.204. The average Bonchev–Trinajstić information content (AvgIpc) is 2.62. The summed E-state index contributed by atoms with van der Waals surface area (Å²) < 4.78 is 5.83. The molecule has 2 aromatic carbocycles. The molecule has 1 N–H and O–H groups in total. The minimum Gasteiger partial charge on any atom is -0.457 e. The van der Waals surface area contributed by atoms with E-state index in [4.69, 9.17) is 4.74 Å². The first-order chi connectivity index (χ1) is 11.3. The first-order valence-electron chi connectivity index (χ1n) is 8.55. The molecular weight excluding hydrogens is 284 g/mol. The lowest BCUT2D eigenvalue weighted by Crippen LogP contribution is -2.41. The van der Waals surface area contributed by atoms with Crippen LogP contribution >= 0.6 is 0 Å². The Morgan fingerprint density at radius 1 is 0.957 bits per heavy atom. The molecule has 0 aromatic heterocycles. The number of ether oxygens (including phenoxy) is 1. The molecule has 0 bridgehead atoms. The maximum absolute atomic E-state index is 5.83. The zero-order chi connectivity index (χ0) is 15.9. The number of benzene rings is 2. The molecule has 23 heavy (non-hydrogen) atoms. The molecule has 122 valence electrons. The normalized spacial score (nSPS) is 16.4. The van der Waals surface area contributed by atoms with Crippen LogP contribution in [0.2, 0.25) is 0 Å². The molecule has 3 rings (SSSR count). The fraction of sp³-hybridized carbons (Fsp3) is 0.400. The van der Waals surface area contributed by atoms with Gasteiger partial charge in [0.2, 0.25) is 0 Å². The fourth-order valence-corrected chi connectivity index (χ4v) is 3.08. The van der Waals surface area contributed by atoms with Crippen LogP contribution in [-0.4, -0.2) is 37.6 Å². The van der Waals surface area contributed by atoms with Crippen molar-refractivity contribution in [3.05, 3.63) is 60.2 Å². The number of nitrogens with one attached hydrogen (secondary N) is 1. The third-order valence-electron chi connectivity index (χ3n) is 4.61. The Hall–Kier alpha value is -1.84. The summed E-state index contributed by atoms with van der Waals surface area (Å²) in [6.45, 7) is 3.57.